The van der Waals surface area contributed by atoms with Crippen LogP contribution < -0.4 is 20.4 Å². The van der Waals surface area contributed by atoms with Crippen LogP contribution in [0.25, 0.3) is 11.3 Å². The molecule has 6 aromatic heterocycles. The highest BCUT2D eigenvalue weighted by atomic mass is 16.3. The highest BCUT2D eigenvalue weighted by molar-refractivity contribution is 5.58. The van der Waals surface area contributed by atoms with Crippen molar-refractivity contribution in [1.29, 1.82) is 0 Å². The molecule has 0 radical (unpaired) electrons. The fraction of sp³-hybridized carbons (Fsp3) is 0.500. The van der Waals surface area contributed by atoms with Crippen LogP contribution in [0, 0.1) is 0 Å². The van der Waals surface area contributed by atoms with Crippen molar-refractivity contribution in [3.8, 4) is 0 Å². The predicted octanol–water partition coefficient (Wildman–Crippen LogP) is 5.16. The molecule has 2 aliphatic heterocycles. The summed E-state index contributed by atoms with van der Waals surface area (Å²) < 4.78 is 4.24. The summed E-state index contributed by atoms with van der Waals surface area (Å²) in [4.78, 5) is 29.8. The lowest BCUT2D eigenvalue weighted by molar-refractivity contribution is 0.00897. The summed E-state index contributed by atoms with van der Waals surface area (Å²) in [6.07, 6.45) is 9.35. The molecule has 0 amide bonds. The van der Waals surface area contributed by atoms with Crippen LogP contribution in [0.3, 0.4) is 0 Å². The lowest BCUT2D eigenvalue weighted by atomic mass is 9.91. The summed E-state index contributed by atoms with van der Waals surface area (Å²) in [6, 6.07) is 21.1. The Kier molecular flexibility index (Phi) is 11.9. The molecule has 4 atom stereocenters. The topological polar surface area (TPSA) is 138 Å². The average Bonchev–Trinajstić information content (AvgIpc) is 3.54. The summed E-state index contributed by atoms with van der Waals surface area (Å²) in [5.41, 5.74) is 9.07. The van der Waals surface area contributed by atoms with Crippen molar-refractivity contribution in [1.82, 2.24) is 49.2 Å². The minimum atomic E-state index is -1.34. The largest absolute Gasteiger partial charge is 0.384 e. The van der Waals surface area contributed by atoms with Crippen molar-refractivity contribution in [3.63, 3.8) is 0 Å². The van der Waals surface area contributed by atoms with Crippen molar-refractivity contribution in [2.75, 3.05) is 76.3 Å². The van der Waals surface area contributed by atoms with E-state index in [-0.39, 0.29) is 12.1 Å². The molecule has 62 heavy (non-hydrogen) atoms. The van der Waals surface area contributed by atoms with Gasteiger partial charge in [-0.15, -0.1) is 0 Å². The summed E-state index contributed by atoms with van der Waals surface area (Å²) in [6.45, 7) is 8.00. The van der Waals surface area contributed by atoms with E-state index in [4.69, 9.17) is 19.9 Å². The number of imidazole rings is 2. The molecule has 326 valence electrons. The zero-order valence-corrected chi connectivity index (χ0v) is 36.3. The number of aryl methyl sites for hydroxylation is 2. The molecule has 14 nitrogen and oxygen atoms in total. The van der Waals surface area contributed by atoms with Gasteiger partial charge in [0, 0.05) is 64.8 Å². The molecule has 0 aromatic carbocycles. The zero-order chi connectivity index (χ0) is 42.2. The predicted molar refractivity (Wildman–Crippen MR) is 242 cm³/mol. The van der Waals surface area contributed by atoms with Crippen LogP contribution in [0.4, 0.5) is 11.6 Å². The van der Waals surface area contributed by atoms with Crippen LogP contribution in [0.15, 0.2) is 73.1 Å². The molecule has 2 aliphatic carbocycles. The number of anilines is 2. The van der Waals surface area contributed by atoms with Crippen LogP contribution >= 0.6 is 0 Å². The quantitative estimate of drug-likeness (QED) is 0.137. The third-order valence-electron chi connectivity index (χ3n) is 13.9. The summed E-state index contributed by atoms with van der Waals surface area (Å²) in [5.74, 6) is 1.94. The number of aliphatic hydroxyl groups excluding tert-OH is 2. The molecule has 6 aromatic rings. The van der Waals surface area contributed by atoms with Gasteiger partial charge in [-0.3, -0.25) is 28.6 Å². The van der Waals surface area contributed by atoms with Gasteiger partial charge in [0.2, 0.25) is 0 Å². The first-order chi connectivity index (χ1) is 30.4. The van der Waals surface area contributed by atoms with Gasteiger partial charge in [-0.25, -0.2) is 9.97 Å². The number of fused-ring (bicyclic) bond motifs is 4. The Morgan fingerprint density at radius 3 is 1.53 bits per heavy atom. The van der Waals surface area contributed by atoms with Crippen molar-refractivity contribution in [2.45, 2.75) is 88.7 Å². The third-order valence-corrected chi connectivity index (χ3v) is 13.9. The van der Waals surface area contributed by atoms with Crippen molar-refractivity contribution in [2.24, 2.45) is 0 Å². The molecule has 0 saturated carbocycles. The second kappa shape index (κ2) is 18.0. The monoisotopic (exact) mass is 839 g/mol. The SMILES string of the molecule is CN(Cc1nc2cccc(N3CCCNCC3)n2c1C(O)C(O)c1c(CN(C)[C@H]2CCCc3cccnc32)nc2cccc(N3CCCNCC3)n12)[C@H]1CCCc2cccnc21. The highest BCUT2D eigenvalue weighted by Crippen LogP contribution is 2.41. The van der Waals surface area contributed by atoms with Crippen LogP contribution in [0.1, 0.15) is 108 Å². The summed E-state index contributed by atoms with van der Waals surface area (Å²) in [5, 5.41) is 33.5. The van der Waals surface area contributed by atoms with E-state index < -0.39 is 12.2 Å². The second-order valence-electron chi connectivity index (χ2n) is 17.9. The summed E-state index contributed by atoms with van der Waals surface area (Å²) in [7, 11) is 4.29. The first kappa shape index (κ1) is 41.1. The zero-order valence-electron chi connectivity index (χ0n) is 36.3. The van der Waals surface area contributed by atoms with Crippen molar-refractivity contribution < 1.29 is 10.2 Å². The Labute approximate surface area is 364 Å². The van der Waals surface area contributed by atoms with E-state index in [0.29, 0.717) is 24.5 Å². The minimum absolute atomic E-state index is 0.113. The van der Waals surface area contributed by atoms with Crippen LogP contribution in [0.2, 0.25) is 0 Å². The van der Waals surface area contributed by atoms with Crippen LogP contribution in [-0.4, -0.2) is 115 Å². The van der Waals surface area contributed by atoms with Crippen molar-refractivity contribution in [3.05, 3.63) is 118 Å². The number of hydrogen-bond acceptors (Lipinski definition) is 12. The molecular weight excluding hydrogens is 777 g/mol. The van der Waals surface area contributed by atoms with E-state index in [1.807, 2.05) is 36.7 Å². The average molecular weight is 839 g/mol. The molecule has 2 saturated heterocycles. The highest BCUT2D eigenvalue weighted by Gasteiger charge is 2.36. The number of nitrogens with zero attached hydrogens (tertiary/aromatic N) is 10. The standard InChI is InChI=1S/C48H62N12O2/c1-55(37-15-3-11-33-13-7-23-51-43(33)37)31-35-45(59-39(53-35)17-5-19-41(59)57-27-9-21-49-25-29-57)47(61)48(62)46-36(32-56(2)38-16-4-12-34-14-8-24-52-44(34)38)54-40-18-6-20-42(60(40)46)58-28-10-22-50-26-30-58/h5-8,13-14,17-20,23-24,37-38,47-50,61-62H,3-4,9-12,15-16,21-22,25-32H2,1-2H3/t37-,38-,47?,48?/m0/s1. The van der Waals surface area contributed by atoms with Gasteiger partial charge in [-0.05, 0) is 126 Å². The number of hydrogen-bond donors (Lipinski definition) is 4. The van der Waals surface area contributed by atoms with E-state index in [1.165, 1.54) is 11.1 Å². The van der Waals surface area contributed by atoms with Crippen LogP contribution in [-0.2, 0) is 25.9 Å². The van der Waals surface area contributed by atoms with E-state index in [0.717, 1.165) is 149 Å². The Balaban J connectivity index is 1.10. The molecule has 8 heterocycles. The lowest BCUT2D eigenvalue weighted by Gasteiger charge is -2.33. The first-order valence-electron chi connectivity index (χ1n) is 23.0. The third kappa shape index (κ3) is 7.86. The number of nitrogens with one attached hydrogen (secondary N) is 2. The van der Waals surface area contributed by atoms with Gasteiger partial charge in [0.15, 0.2) is 0 Å². The van der Waals surface area contributed by atoms with Gasteiger partial charge in [0.25, 0.3) is 0 Å². The second-order valence-corrected chi connectivity index (χ2v) is 17.9. The van der Waals surface area contributed by atoms with Gasteiger partial charge in [0.1, 0.15) is 35.1 Å². The van der Waals surface area contributed by atoms with Crippen molar-refractivity contribution >= 4 is 22.9 Å². The number of aliphatic hydroxyl groups is 2. The molecule has 4 N–H and O–H groups in total. The Bertz CT molecular complexity index is 2310. The first-order valence-corrected chi connectivity index (χ1v) is 23.0. The molecule has 10 rings (SSSR count). The Hall–Kier alpha value is -4.96. The van der Waals surface area contributed by atoms with Gasteiger partial charge < -0.3 is 30.6 Å². The lowest BCUT2D eigenvalue weighted by Crippen LogP contribution is -2.32. The summed E-state index contributed by atoms with van der Waals surface area (Å²) >= 11 is 0. The fourth-order valence-corrected chi connectivity index (χ4v) is 10.8. The smallest absolute Gasteiger partial charge is 0.138 e. The maximum Gasteiger partial charge on any atom is 0.138 e. The van der Waals surface area contributed by atoms with Gasteiger partial charge in [-0.1, -0.05) is 24.3 Å². The van der Waals surface area contributed by atoms with Gasteiger partial charge >= 0.3 is 0 Å². The number of aromatic nitrogens is 6. The number of pyridine rings is 4. The maximum atomic E-state index is 13.2. The molecule has 0 spiro atoms. The molecule has 4 aliphatic rings. The molecule has 2 fully saturated rings. The van der Waals surface area contributed by atoms with Gasteiger partial charge in [-0.2, -0.15) is 0 Å². The van der Waals surface area contributed by atoms with E-state index >= 15 is 0 Å². The fourth-order valence-electron chi connectivity index (χ4n) is 10.8. The molecule has 2 unspecified atom stereocenters. The normalized spacial score (nSPS) is 20.9. The van der Waals surface area contributed by atoms with Gasteiger partial charge in [0.05, 0.1) is 46.2 Å². The molecule has 14 heteroatoms. The van der Waals surface area contributed by atoms with E-state index in [9.17, 15) is 10.2 Å². The van der Waals surface area contributed by atoms with E-state index in [1.54, 1.807) is 0 Å². The Morgan fingerprint density at radius 2 is 1.06 bits per heavy atom. The maximum absolute atomic E-state index is 13.2. The molecular formula is C48H62N12O2. The molecule has 0 bridgehead atoms. The minimum Gasteiger partial charge on any atom is -0.384 e. The van der Waals surface area contributed by atoms with Crippen LogP contribution in [0.5, 0.6) is 0 Å². The van der Waals surface area contributed by atoms with E-state index in [2.05, 4.69) is 89.5 Å². The Morgan fingerprint density at radius 1 is 0.597 bits per heavy atom. The number of rotatable bonds is 11.